The van der Waals surface area contributed by atoms with Gasteiger partial charge < -0.3 is 4.74 Å². The number of hydrogen-bond donors (Lipinski definition) is 0. The topological polar surface area (TPSA) is 35.0 Å². The molecule has 18 heavy (non-hydrogen) atoms. The van der Waals surface area contributed by atoms with Crippen LogP contribution in [0.3, 0.4) is 0 Å². The van der Waals surface area contributed by atoms with E-state index < -0.39 is 8.07 Å². The highest BCUT2D eigenvalue weighted by atomic mass is 28.3. The third-order valence-corrected chi connectivity index (χ3v) is 5.83. The third-order valence-electron chi connectivity index (χ3n) is 3.22. The maximum absolute atomic E-state index is 5.88. The van der Waals surface area contributed by atoms with E-state index in [0.717, 1.165) is 16.7 Å². The van der Waals surface area contributed by atoms with E-state index in [1.807, 2.05) is 30.5 Å². The largest absolute Gasteiger partial charge is 0.374 e. The number of para-hydroxylation sites is 1. The molecule has 0 spiro atoms. The van der Waals surface area contributed by atoms with Crippen LogP contribution < -0.4 is 0 Å². The molecule has 1 aromatic heterocycles. The second-order valence-corrected chi connectivity index (χ2v) is 11.2. The molecule has 0 saturated heterocycles. The van der Waals surface area contributed by atoms with Gasteiger partial charge in [-0.05, 0) is 13.0 Å². The highest BCUT2D eigenvalue weighted by Gasteiger charge is 2.23. The Morgan fingerprint density at radius 2 is 1.94 bits per heavy atom. The van der Waals surface area contributed by atoms with Gasteiger partial charge in [0.15, 0.2) is 5.82 Å². The first-order chi connectivity index (χ1) is 8.47. The molecule has 0 saturated carbocycles. The molecular weight excluding hydrogens is 240 g/mol. The summed E-state index contributed by atoms with van der Waals surface area (Å²) in [6.07, 6.45) is 1.86. The van der Waals surface area contributed by atoms with E-state index in [9.17, 15) is 0 Å². The van der Waals surface area contributed by atoms with E-state index in [2.05, 4.69) is 36.5 Å². The number of nitrogens with zero attached hydrogens (tertiary/aromatic N) is 2. The summed E-state index contributed by atoms with van der Waals surface area (Å²) in [6, 6.07) is 8.01. The molecular formula is C14H20N2OSi. The Balaban J connectivity index is 2.08. The molecule has 1 atom stereocenters. The van der Waals surface area contributed by atoms with Crippen LogP contribution in [0.15, 0.2) is 30.5 Å². The van der Waals surface area contributed by atoms with E-state index in [-0.39, 0.29) is 0 Å². The van der Waals surface area contributed by atoms with E-state index in [1.54, 1.807) is 0 Å². The van der Waals surface area contributed by atoms with Crippen molar-refractivity contribution in [3.63, 3.8) is 0 Å². The molecule has 1 aromatic carbocycles. The van der Waals surface area contributed by atoms with Crippen LogP contribution in [0.1, 0.15) is 12.7 Å². The monoisotopic (exact) mass is 260 g/mol. The van der Waals surface area contributed by atoms with E-state index in [4.69, 9.17) is 4.74 Å². The summed E-state index contributed by atoms with van der Waals surface area (Å²) < 4.78 is 5.88. The molecule has 3 nitrogen and oxygen atoms in total. The van der Waals surface area contributed by atoms with Crippen molar-refractivity contribution in [3.8, 4) is 0 Å². The van der Waals surface area contributed by atoms with Crippen LogP contribution >= 0.6 is 0 Å². The molecule has 0 N–H and O–H groups in total. The molecule has 4 heteroatoms. The van der Waals surface area contributed by atoms with Gasteiger partial charge in [-0.3, -0.25) is 0 Å². The fourth-order valence-corrected chi connectivity index (χ4v) is 2.11. The first kappa shape index (κ1) is 13.2. The zero-order chi connectivity index (χ0) is 13.2. The molecule has 0 aliphatic rings. The second-order valence-electron chi connectivity index (χ2n) is 5.66. The zero-order valence-corrected chi connectivity index (χ0v) is 12.5. The minimum atomic E-state index is -1.25. The third kappa shape index (κ3) is 3.14. The Kier molecular flexibility index (Phi) is 3.78. The van der Waals surface area contributed by atoms with Crippen molar-refractivity contribution in [1.29, 1.82) is 0 Å². The van der Waals surface area contributed by atoms with Gasteiger partial charge in [-0.1, -0.05) is 37.8 Å². The Morgan fingerprint density at radius 3 is 2.67 bits per heavy atom. The summed E-state index contributed by atoms with van der Waals surface area (Å²) in [6.45, 7) is 9.56. The van der Waals surface area contributed by atoms with E-state index >= 15 is 0 Å². The van der Waals surface area contributed by atoms with Crippen molar-refractivity contribution in [1.82, 2.24) is 9.97 Å². The highest BCUT2D eigenvalue weighted by Crippen LogP contribution is 2.14. The lowest BCUT2D eigenvalue weighted by Crippen LogP contribution is -2.37. The van der Waals surface area contributed by atoms with Gasteiger partial charge in [-0.2, -0.15) is 0 Å². The van der Waals surface area contributed by atoms with E-state index in [1.165, 1.54) is 0 Å². The zero-order valence-electron chi connectivity index (χ0n) is 11.5. The molecule has 1 heterocycles. The Labute approximate surface area is 109 Å². The fourth-order valence-electron chi connectivity index (χ4n) is 1.53. The number of rotatable bonds is 4. The fraction of sp³-hybridized carbons (Fsp3) is 0.429. The second kappa shape index (κ2) is 5.16. The molecule has 2 aromatic rings. The molecule has 1 unspecified atom stereocenters. The average Bonchev–Trinajstić information content (AvgIpc) is 2.34. The van der Waals surface area contributed by atoms with Crippen LogP contribution in [0, 0.1) is 0 Å². The Bertz CT molecular complexity index is 537. The Hall–Kier alpha value is -1.26. The van der Waals surface area contributed by atoms with Crippen molar-refractivity contribution >= 4 is 19.0 Å². The van der Waals surface area contributed by atoms with Gasteiger partial charge in [0.25, 0.3) is 0 Å². The van der Waals surface area contributed by atoms with Crippen LogP contribution in [-0.4, -0.2) is 23.8 Å². The van der Waals surface area contributed by atoms with Gasteiger partial charge in [0, 0.05) is 17.3 Å². The lowest BCUT2D eigenvalue weighted by atomic mass is 10.2. The van der Waals surface area contributed by atoms with Gasteiger partial charge in [0.2, 0.25) is 0 Å². The van der Waals surface area contributed by atoms with Crippen LogP contribution in [0.4, 0.5) is 0 Å². The quantitative estimate of drug-likeness (QED) is 0.790. The predicted molar refractivity (Wildman–Crippen MR) is 77.1 cm³/mol. The van der Waals surface area contributed by atoms with Gasteiger partial charge in [0.1, 0.15) is 6.61 Å². The minimum Gasteiger partial charge on any atom is -0.374 e. The Morgan fingerprint density at radius 1 is 1.22 bits per heavy atom. The lowest BCUT2D eigenvalue weighted by molar-refractivity contribution is 0.0930. The summed E-state index contributed by atoms with van der Waals surface area (Å²) in [4.78, 5) is 8.85. The molecule has 2 rings (SSSR count). The summed E-state index contributed by atoms with van der Waals surface area (Å²) in [5.41, 5.74) is 1.29. The molecule has 96 valence electrons. The van der Waals surface area contributed by atoms with Gasteiger partial charge in [-0.15, -0.1) is 0 Å². The molecule has 0 aliphatic carbocycles. The normalized spacial score (nSPS) is 13.8. The number of ether oxygens (including phenoxy) is 1. The summed E-state index contributed by atoms with van der Waals surface area (Å²) >= 11 is 0. The number of hydrogen-bond acceptors (Lipinski definition) is 3. The maximum atomic E-state index is 5.88. The summed E-state index contributed by atoms with van der Waals surface area (Å²) in [5.74, 6) is 0.763. The minimum absolute atomic E-state index is 0.313. The van der Waals surface area contributed by atoms with Crippen molar-refractivity contribution in [2.45, 2.75) is 38.9 Å². The summed E-state index contributed by atoms with van der Waals surface area (Å²) in [7, 11) is -1.25. The average molecular weight is 260 g/mol. The van der Waals surface area contributed by atoms with E-state index in [0.29, 0.717) is 12.3 Å². The van der Waals surface area contributed by atoms with Crippen molar-refractivity contribution in [2.24, 2.45) is 0 Å². The lowest BCUT2D eigenvalue weighted by Gasteiger charge is -2.24. The number of benzene rings is 1. The first-order valence-electron chi connectivity index (χ1n) is 6.29. The van der Waals surface area contributed by atoms with Crippen molar-refractivity contribution in [3.05, 3.63) is 36.3 Å². The van der Waals surface area contributed by atoms with Crippen LogP contribution in [0.2, 0.25) is 19.6 Å². The van der Waals surface area contributed by atoms with Crippen LogP contribution in [0.5, 0.6) is 0 Å². The number of aromatic nitrogens is 2. The highest BCUT2D eigenvalue weighted by molar-refractivity contribution is 6.77. The molecule has 0 aliphatic heterocycles. The summed E-state index contributed by atoms with van der Waals surface area (Å²) in [5, 5.41) is 1.07. The molecule has 0 fully saturated rings. The smallest absolute Gasteiger partial charge is 0.154 e. The van der Waals surface area contributed by atoms with Crippen molar-refractivity contribution in [2.75, 3.05) is 0 Å². The van der Waals surface area contributed by atoms with Gasteiger partial charge >= 0.3 is 0 Å². The number of fused-ring (bicyclic) bond motifs is 1. The maximum Gasteiger partial charge on any atom is 0.154 e. The SMILES string of the molecule is CC(OCc1ncc2ccccc2n1)[Si](C)(C)C. The predicted octanol–water partition coefficient (Wildman–Crippen LogP) is 3.41. The molecule has 0 radical (unpaired) electrons. The van der Waals surface area contributed by atoms with Gasteiger partial charge in [0.05, 0.1) is 13.6 Å². The molecule has 0 bridgehead atoms. The first-order valence-corrected chi connectivity index (χ1v) is 9.87. The van der Waals surface area contributed by atoms with Crippen LogP contribution in [-0.2, 0) is 11.3 Å². The van der Waals surface area contributed by atoms with Crippen LogP contribution in [0.25, 0.3) is 10.9 Å². The molecule has 0 amide bonds. The van der Waals surface area contributed by atoms with Crippen molar-refractivity contribution < 1.29 is 4.74 Å². The standard InChI is InChI=1S/C14H20N2OSi/c1-11(18(2,3)4)17-10-14-15-9-12-7-5-6-8-13(12)16-14/h5-9,11H,10H2,1-4H3. The van der Waals surface area contributed by atoms with Gasteiger partial charge in [-0.25, -0.2) is 9.97 Å².